The minimum absolute atomic E-state index is 0.215. The number of nitrogens with zero attached hydrogens (tertiary/aromatic N) is 1. The molecule has 0 amide bonds. The minimum atomic E-state index is -3.94. The van der Waals surface area contributed by atoms with Crippen molar-refractivity contribution in [2.24, 2.45) is 5.41 Å². The molecule has 118 valence electrons. The molecular formula is C13H21N3O4S. The highest BCUT2D eigenvalue weighted by molar-refractivity contribution is 7.89. The van der Waals surface area contributed by atoms with Crippen LogP contribution in [0.15, 0.2) is 23.1 Å². The summed E-state index contributed by atoms with van der Waals surface area (Å²) in [6, 6.07) is 3.91. The number of anilines is 1. The van der Waals surface area contributed by atoms with Crippen LogP contribution < -0.4 is 10.0 Å². The van der Waals surface area contributed by atoms with Crippen molar-refractivity contribution < 1.29 is 13.3 Å². The van der Waals surface area contributed by atoms with Gasteiger partial charge in [-0.3, -0.25) is 10.1 Å². The Bertz CT molecular complexity index is 626. The van der Waals surface area contributed by atoms with E-state index in [2.05, 4.69) is 10.0 Å². The number of rotatable bonds is 7. The third kappa shape index (κ3) is 4.40. The Labute approximate surface area is 124 Å². The SMILES string of the molecule is CCC(C)(C)CNS(=O)(=O)c1cc(NC)ccc1[N+](=O)[O-]. The molecule has 8 heteroatoms. The van der Waals surface area contributed by atoms with Crippen LogP contribution in [0, 0.1) is 15.5 Å². The maximum Gasteiger partial charge on any atom is 0.289 e. The van der Waals surface area contributed by atoms with Crippen molar-refractivity contribution in [2.75, 3.05) is 18.9 Å². The molecule has 0 saturated heterocycles. The number of hydrogen-bond acceptors (Lipinski definition) is 5. The summed E-state index contributed by atoms with van der Waals surface area (Å²) in [6.07, 6.45) is 0.786. The maximum atomic E-state index is 12.3. The average Bonchev–Trinajstić information content (AvgIpc) is 2.44. The highest BCUT2D eigenvalue weighted by Crippen LogP contribution is 2.27. The molecule has 21 heavy (non-hydrogen) atoms. The van der Waals surface area contributed by atoms with Crippen LogP contribution >= 0.6 is 0 Å². The van der Waals surface area contributed by atoms with Gasteiger partial charge in [0.05, 0.1) is 4.92 Å². The zero-order chi connectivity index (χ0) is 16.3. The Hall–Kier alpha value is -1.67. The van der Waals surface area contributed by atoms with Gasteiger partial charge >= 0.3 is 0 Å². The lowest BCUT2D eigenvalue weighted by Gasteiger charge is -2.22. The van der Waals surface area contributed by atoms with Crippen LogP contribution in [0.2, 0.25) is 0 Å². The normalized spacial score (nSPS) is 12.2. The molecule has 0 bridgehead atoms. The van der Waals surface area contributed by atoms with E-state index >= 15 is 0 Å². The van der Waals surface area contributed by atoms with Crippen LogP contribution in [0.25, 0.3) is 0 Å². The lowest BCUT2D eigenvalue weighted by molar-refractivity contribution is -0.387. The van der Waals surface area contributed by atoms with Crippen molar-refractivity contribution in [1.82, 2.24) is 4.72 Å². The summed E-state index contributed by atoms with van der Waals surface area (Å²) < 4.78 is 27.1. The molecule has 0 saturated carbocycles. The molecule has 0 heterocycles. The van der Waals surface area contributed by atoms with E-state index in [-0.39, 0.29) is 16.9 Å². The quantitative estimate of drug-likeness (QED) is 0.594. The molecule has 2 N–H and O–H groups in total. The van der Waals surface area contributed by atoms with Crippen molar-refractivity contribution in [3.05, 3.63) is 28.3 Å². The second-order valence-corrected chi connectivity index (χ2v) is 7.27. The number of nitro benzene ring substituents is 1. The highest BCUT2D eigenvalue weighted by Gasteiger charge is 2.28. The molecule has 0 aliphatic rings. The largest absolute Gasteiger partial charge is 0.388 e. The van der Waals surface area contributed by atoms with Gasteiger partial charge in [-0.2, -0.15) is 0 Å². The van der Waals surface area contributed by atoms with Gasteiger partial charge in [0.2, 0.25) is 10.0 Å². The Morgan fingerprint density at radius 1 is 1.33 bits per heavy atom. The van der Waals surface area contributed by atoms with Gasteiger partial charge in [0.15, 0.2) is 4.90 Å². The monoisotopic (exact) mass is 315 g/mol. The summed E-state index contributed by atoms with van der Waals surface area (Å²) >= 11 is 0. The van der Waals surface area contributed by atoms with Gasteiger partial charge < -0.3 is 5.32 Å². The summed E-state index contributed by atoms with van der Waals surface area (Å²) in [7, 11) is -2.33. The van der Waals surface area contributed by atoms with Crippen LogP contribution in [0.5, 0.6) is 0 Å². The van der Waals surface area contributed by atoms with Gasteiger partial charge in [-0.1, -0.05) is 20.8 Å². The van der Waals surface area contributed by atoms with E-state index in [1.165, 1.54) is 18.2 Å². The molecule has 0 radical (unpaired) electrons. The van der Waals surface area contributed by atoms with Crippen LogP contribution in [-0.2, 0) is 10.0 Å². The van der Waals surface area contributed by atoms with E-state index in [9.17, 15) is 18.5 Å². The summed E-state index contributed by atoms with van der Waals surface area (Å²) in [4.78, 5) is 10.00. The maximum absolute atomic E-state index is 12.3. The van der Waals surface area contributed by atoms with Crippen LogP contribution in [-0.4, -0.2) is 26.9 Å². The number of nitro groups is 1. The lowest BCUT2D eigenvalue weighted by atomic mass is 9.91. The smallest absolute Gasteiger partial charge is 0.289 e. The number of hydrogen-bond donors (Lipinski definition) is 2. The molecule has 0 atom stereocenters. The van der Waals surface area contributed by atoms with Gasteiger partial charge in [-0.15, -0.1) is 0 Å². The van der Waals surface area contributed by atoms with Crippen LogP contribution in [0.1, 0.15) is 27.2 Å². The first kappa shape index (κ1) is 17.4. The van der Waals surface area contributed by atoms with E-state index in [1.54, 1.807) is 7.05 Å². The van der Waals surface area contributed by atoms with Crippen molar-refractivity contribution in [2.45, 2.75) is 32.1 Å². The van der Waals surface area contributed by atoms with Crippen LogP contribution in [0.3, 0.4) is 0 Å². The van der Waals surface area contributed by atoms with Crippen molar-refractivity contribution >= 4 is 21.4 Å². The fourth-order valence-electron chi connectivity index (χ4n) is 1.53. The topological polar surface area (TPSA) is 101 Å². The Morgan fingerprint density at radius 2 is 1.95 bits per heavy atom. The second kappa shape index (κ2) is 6.40. The van der Waals surface area contributed by atoms with Gasteiger partial charge in [0.1, 0.15) is 0 Å². The van der Waals surface area contributed by atoms with Gasteiger partial charge in [0, 0.05) is 25.3 Å². The van der Waals surface area contributed by atoms with E-state index in [4.69, 9.17) is 0 Å². The predicted octanol–water partition coefficient (Wildman–Crippen LogP) is 2.35. The molecule has 0 spiro atoms. The number of benzene rings is 1. The first-order valence-electron chi connectivity index (χ1n) is 6.59. The number of sulfonamides is 1. The minimum Gasteiger partial charge on any atom is -0.388 e. The van der Waals surface area contributed by atoms with E-state index in [0.717, 1.165) is 6.42 Å². The predicted molar refractivity (Wildman–Crippen MR) is 81.9 cm³/mol. The van der Waals surface area contributed by atoms with Crippen molar-refractivity contribution in [3.63, 3.8) is 0 Å². The molecule has 7 nitrogen and oxygen atoms in total. The molecule has 1 aromatic rings. The molecule has 1 aromatic carbocycles. The molecule has 0 aliphatic carbocycles. The van der Waals surface area contributed by atoms with Gasteiger partial charge in [0.25, 0.3) is 5.69 Å². The third-order valence-corrected chi connectivity index (χ3v) is 4.86. The van der Waals surface area contributed by atoms with Gasteiger partial charge in [-0.25, -0.2) is 13.1 Å². The Morgan fingerprint density at radius 3 is 2.43 bits per heavy atom. The Kier molecular flexibility index (Phi) is 5.30. The van der Waals surface area contributed by atoms with Gasteiger partial charge in [-0.05, 0) is 24.0 Å². The summed E-state index contributed by atoms with van der Waals surface area (Å²) in [5.74, 6) is 0. The van der Waals surface area contributed by atoms with Crippen LogP contribution in [0.4, 0.5) is 11.4 Å². The Balaban J connectivity index is 3.20. The standard InChI is InChI=1S/C13H21N3O4S/c1-5-13(2,3)9-15-21(19,20)12-8-10(14-4)6-7-11(12)16(17)18/h6-8,14-15H,5,9H2,1-4H3. The molecule has 0 aliphatic heterocycles. The van der Waals surface area contributed by atoms with E-state index in [0.29, 0.717) is 5.69 Å². The van der Waals surface area contributed by atoms with Crippen molar-refractivity contribution in [3.8, 4) is 0 Å². The molecular weight excluding hydrogens is 294 g/mol. The zero-order valence-corrected chi connectivity index (χ0v) is 13.5. The third-order valence-electron chi connectivity index (χ3n) is 3.43. The molecule has 0 aromatic heterocycles. The van der Waals surface area contributed by atoms with E-state index in [1.807, 2.05) is 20.8 Å². The molecule has 1 rings (SSSR count). The fourth-order valence-corrected chi connectivity index (χ4v) is 2.97. The average molecular weight is 315 g/mol. The first-order chi connectivity index (χ1) is 9.63. The molecule has 0 unspecified atom stereocenters. The lowest BCUT2D eigenvalue weighted by Crippen LogP contribution is -2.34. The van der Waals surface area contributed by atoms with E-state index < -0.39 is 20.6 Å². The number of nitrogens with one attached hydrogen (secondary N) is 2. The second-order valence-electron chi connectivity index (χ2n) is 5.53. The molecule has 0 fully saturated rings. The summed E-state index contributed by atoms with van der Waals surface area (Å²) in [5, 5.41) is 13.8. The first-order valence-corrected chi connectivity index (χ1v) is 8.07. The summed E-state index contributed by atoms with van der Waals surface area (Å²) in [5.41, 5.74) is -0.158. The summed E-state index contributed by atoms with van der Waals surface area (Å²) in [6.45, 7) is 6.02. The fraction of sp³-hybridized carbons (Fsp3) is 0.538. The highest BCUT2D eigenvalue weighted by atomic mass is 32.2. The van der Waals surface area contributed by atoms with Crippen molar-refractivity contribution in [1.29, 1.82) is 0 Å². The zero-order valence-electron chi connectivity index (χ0n) is 12.6.